The van der Waals surface area contributed by atoms with Crippen molar-refractivity contribution in [3.63, 3.8) is 0 Å². The molecular formula is C26H40O2. The third-order valence-electron chi connectivity index (χ3n) is 4.13. The highest BCUT2D eigenvalue weighted by atomic mass is 16.5. The van der Waals surface area contributed by atoms with Crippen LogP contribution >= 0.6 is 0 Å². The molecule has 0 aromatic carbocycles. The molecule has 0 saturated carbocycles. The molecule has 156 valence electrons. The van der Waals surface area contributed by atoms with E-state index in [4.69, 9.17) is 4.74 Å². The molecule has 0 amide bonds. The molecule has 28 heavy (non-hydrogen) atoms. The normalized spacial score (nSPS) is 14.0. The zero-order valence-electron chi connectivity index (χ0n) is 18.2. The number of allylic oxidation sites excluding steroid dienone is 12. The van der Waals surface area contributed by atoms with Gasteiger partial charge in [-0.15, -0.1) is 0 Å². The van der Waals surface area contributed by atoms with Crippen molar-refractivity contribution in [1.29, 1.82) is 0 Å². The summed E-state index contributed by atoms with van der Waals surface area (Å²) in [4.78, 5) is 11.7. The summed E-state index contributed by atoms with van der Waals surface area (Å²) < 4.78 is 5.08. The van der Waals surface area contributed by atoms with Crippen LogP contribution in [0.2, 0.25) is 0 Å². The Morgan fingerprint density at radius 2 is 1.04 bits per heavy atom. The van der Waals surface area contributed by atoms with Crippen molar-refractivity contribution in [1.82, 2.24) is 0 Å². The molecule has 0 aliphatic rings. The van der Waals surface area contributed by atoms with Crippen LogP contribution in [0, 0.1) is 5.92 Å². The van der Waals surface area contributed by atoms with Gasteiger partial charge in [0.25, 0.3) is 0 Å². The monoisotopic (exact) mass is 384 g/mol. The van der Waals surface area contributed by atoms with Crippen molar-refractivity contribution >= 4 is 5.97 Å². The molecule has 0 aromatic heterocycles. The van der Waals surface area contributed by atoms with E-state index in [1.807, 2.05) is 13.8 Å². The molecule has 1 atom stereocenters. The van der Waals surface area contributed by atoms with Crippen LogP contribution in [0.3, 0.4) is 0 Å². The summed E-state index contributed by atoms with van der Waals surface area (Å²) in [6.07, 6.45) is 33.8. The molecule has 0 bridgehead atoms. The molecule has 0 unspecified atom stereocenters. The van der Waals surface area contributed by atoms with Crippen molar-refractivity contribution in [3.8, 4) is 0 Å². The van der Waals surface area contributed by atoms with Crippen LogP contribution in [-0.4, -0.2) is 12.6 Å². The van der Waals surface area contributed by atoms with Gasteiger partial charge in [0.15, 0.2) is 0 Å². The molecule has 0 heterocycles. The highest BCUT2D eigenvalue weighted by Crippen LogP contribution is 2.11. The minimum atomic E-state index is -0.0791. The molecule has 0 saturated heterocycles. The van der Waals surface area contributed by atoms with Gasteiger partial charge in [0.05, 0.1) is 12.5 Å². The van der Waals surface area contributed by atoms with Crippen molar-refractivity contribution in [2.24, 2.45) is 5.92 Å². The van der Waals surface area contributed by atoms with E-state index in [-0.39, 0.29) is 11.9 Å². The summed E-state index contributed by atoms with van der Waals surface area (Å²) >= 11 is 0. The highest BCUT2D eigenvalue weighted by molar-refractivity contribution is 5.72. The van der Waals surface area contributed by atoms with Crippen molar-refractivity contribution < 1.29 is 9.53 Å². The number of carbonyl (C=O) groups excluding carboxylic acids is 1. The number of esters is 1. The fourth-order valence-corrected chi connectivity index (χ4v) is 2.47. The van der Waals surface area contributed by atoms with Gasteiger partial charge in [0.1, 0.15) is 0 Å². The zero-order valence-corrected chi connectivity index (χ0v) is 18.2. The first kappa shape index (κ1) is 25.9. The minimum Gasteiger partial charge on any atom is -0.466 e. The highest BCUT2D eigenvalue weighted by Gasteiger charge is 2.15. The molecule has 0 rings (SSSR count). The Balaban J connectivity index is 3.74. The Morgan fingerprint density at radius 3 is 1.39 bits per heavy atom. The van der Waals surface area contributed by atoms with Gasteiger partial charge in [0.2, 0.25) is 0 Å². The maximum Gasteiger partial charge on any atom is 0.309 e. The number of carbonyl (C=O) groups is 1. The van der Waals surface area contributed by atoms with E-state index in [1.165, 1.54) is 0 Å². The smallest absolute Gasteiger partial charge is 0.309 e. The predicted molar refractivity (Wildman–Crippen MR) is 123 cm³/mol. The third kappa shape index (κ3) is 17.3. The lowest BCUT2D eigenvalue weighted by Crippen LogP contribution is -2.16. The molecule has 2 nitrogen and oxygen atoms in total. The molecule has 2 heteroatoms. The van der Waals surface area contributed by atoms with Crippen molar-refractivity contribution in [2.45, 2.75) is 72.1 Å². The van der Waals surface area contributed by atoms with E-state index in [1.54, 1.807) is 0 Å². The average Bonchev–Trinajstić information content (AvgIpc) is 2.70. The largest absolute Gasteiger partial charge is 0.466 e. The number of rotatable bonds is 16. The summed E-state index contributed by atoms with van der Waals surface area (Å²) in [5.41, 5.74) is 0. The van der Waals surface area contributed by atoms with E-state index >= 15 is 0 Å². The SMILES string of the molecule is CC/C=C\C/C=C\C/C=C\C/C=C\C/C=C\C/C=C\C[C@H](CC)C(=O)OCC. The van der Waals surface area contributed by atoms with E-state index in [9.17, 15) is 4.79 Å². The van der Waals surface area contributed by atoms with Gasteiger partial charge >= 0.3 is 5.97 Å². The summed E-state index contributed by atoms with van der Waals surface area (Å²) in [7, 11) is 0. The molecule has 0 aliphatic carbocycles. The second-order valence-corrected chi connectivity index (χ2v) is 6.51. The first-order valence-corrected chi connectivity index (χ1v) is 10.8. The standard InChI is InChI=1S/C26H40O2/c1-4-7-8-9-10-11-12-13-14-15-16-17-18-19-20-21-22-23-24-25(5-2)26(27)28-6-3/h7-8,10-11,13-14,16-17,19-20,22-23,25H,4-6,9,12,15,18,21,24H2,1-3H3/b8-7-,11-10-,14-13-,17-16-,20-19-,23-22-/t25-/m0/s1. The number of hydrogen-bond acceptors (Lipinski definition) is 2. The first-order valence-electron chi connectivity index (χ1n) is 10.8. The minimum absolute atomic E-state index is 0.00967. The van der Waals surface area contributed by atoms with Crippen LogP contribution in [-0.2, 0) is 9.53 Å². The van der Waals surface area contributed by atoms with Crippen LogP contribution < -0.4 is 0 Å². The van der Waals surface area contributed by atoms with Crippen LogP contribution in [0.5, 0.6) is 0 Å². The molecule has 0 radical (unpaired) electrons. The number of ether oxygens (including phenoxy) is 1. The van der Waals surface area contributed by atoms with E-state index in [0.29, 0.717) is 6.61 Å². The first-order chi connectivity index (χ1) is 13.8. The molecule has 0 fully saturated rings. The third-order valence-corrected chi connectivity index (χ3v) is 4.13. The molecular weight excluding hydrogens is 344 g/mol. The van der Waals surface area contributed by atoms with E-state index in [0.717, 1.165) is 51.4 Å². The van der Waals surface area contributed by atoms with Crippen LogP contribution in [0.15, 0.2) is 72.9 Å². The Bertz CT molecular complexity index is 533. The quantitative estimate of drug-likeness (QED) is 0.202. The Hall–Kier alpha value is -2.09. The van der Waals surface area contributed by atoms with Gasteiger partial charge in [-0.05, 0) is 58.3 Å². The lowest BCUT2D eigenvalue weighted by atomic mass is 10.0. The molecule has 0 spiro atoms. The lowest BCUT2D eigenvalue weighted by Gasteiger charge is -2.10. The van der Waals surface area contributed by atoms with Gasteiger partial charge in [-0.3, -0.25) is 4.79 Å². The van der Waals surface area contributed by atoms with Crippen molar-refractivity contribution in [2.75, 3.05) is 6.61 Å². The Kier molecular flexibility index (Phi) is 19.6. The molecule has 0 aromatic rings. The maximum absolute atomic E-state index is 11.7. The van der Waals surface area contributed by atoms with Gasteiger partial charge in [-0.2, -0.15) is 0 Å². The fourth-order valence-electron chi connectivity index (χ4n) is 2.47. The fraction of sp³-hybridized carbons (Fsp3) is 0.500. The zero-order chi connectivity index (χ0) is 20.7. The second-order valence-electron chi connectivity index (χ2n) is 6.51. The van der Waals surface area contributed by atoms with Crippen LogP contribution in [0.25, 0.3) is 0 Å². The average molecular weight is 385 g/mol. The lowest BCUT2D eigenvalue weighted by molar-refractivity contribution is -0.148. The number of hydrogen-bond donors (Lipinski definition) is 0. The maximum atomic E-state index is 11.7. The predicted octanol–water partition coefficient (Wildman–Crippen LogP) is 7.66. The molecule has 0 aliphatic heterocycles. The summed E-state index contributed by atoms with van der Waals surface area (Å²) in [5, 5.41) is 0. The summed E-state index contributed by atoms with van der Waals surface area (Å²) in [5.74, 6) is -0.0888. The second kappa shape index (κ2) is 21.2. The van der Waals surface area contributed by atoms with Crippen LogP contribution in [0.4, 0.5) is 0 Å². The van der Waals surface area contributed by atoms with Gasteiger partial charge in [-0.25, -0.2) is 0 Å². The van der Waals surface area contributed by atoms with Crippen molar-refractivity contribution in [3.05, 3.63) is 72.9 Å². The van der Waals surface area contributed by atoms with E-state index < -0.39 is 0 Å². The Morgan fingerprint density at radius 1 is 0.643 bits per heavy atom. The van der Waals surface area contributed by atoms with Gasteiger partial charge in [-0.1, -0.05) is 86.8 Å². The van der Waals surface area contributed by atoms with Crippen LogP contribution in [0.1, 0.15) is 72.1 Å². The Labute approximate surface area is 173 Å². The van der Waals surface area contributed by atoms with E-state index in [2.05, 4.69) is 79.8 Å². The van der Waals surface area contributed by atoms with Gasteiger partial charge < -0.3 is 4.74 Å². The molecule has 0 N–H and O–H groups in total. The summed E-state index contributed by atoms with van der Waals surface area (Å²) in [6, 6.07) is 0. The topological polar surface area (TPSA) is 26.3 Å². The van der Waals surface area contributed by atoms with Gasteiger partial charge in [0, 0.05) is 0 Å². The summed E-state index contributed by atoms with van der Waals surface area (Å²) in [6.45, 7) is 6.49.